The van der Waals surface area contributed by atoms with Crippen LogP contribution < -0.4 is 10.1 Å². The summed E-state index contributed by atoms with van der Waals surface area (Å²) in [7, 11) is 1.73. The van der Waals surface area contributed by atoms with Gasteiger partial charge in [-0.3, -0.25) is 0 Å². The molecule has 0 aliphatic heterocycles. The van der Waals surface area contributed by atoms with Crippen molar-refractivity contribution in [2.45, 2.75) is 19.3 Å². The highest BCUT2D eigenvalue weighted by Gasteiger charge is 2.00. The van der Waals surface area contributed by atoms with Gasteiger partial charge in [0.05, 0.1) is 6.61 Å². The van der Waals surface area contributed by atoms with Crippen molar-refractivity contribution in [2.75, 3.05) is 33.4 Å². The number of para-hydroxylation sites is 1. The topological polar surface area (TPSA) is 30.5 Å². The fourth-order valence-electron chi connectivity index (χ4n) is 1.81. The molecule has 0 aliphatic rings. The Morgan fingerprint density at radius 1 is 1.16 bits per heavy atom. The molecular formula is C16H25NO2. The Morgan fingerprint density at radius 3 is 2.63 bits per heavy atom. The standard InChI is InChI=1S/C16H25NO2/c1-3-8-15-9-4-5-10-16(15)19-14-7-12-17-11-6-13-18-2/h3-5,9-10,17H,1,6-8,11-14H2,2H3. The molecule has 0 heterocycles. The van der Waals surface area contributed by atoms with Crippen LogP contribution in [0.4, 0.5) is 0 Å². The second kappa shape index (κ2) is 10.6. The molecule has 19 heavy (non-hydrogen) atoms. The maximum Gasteiger partial charge on any atom is 0.122 e. The summed E-state index contributed by atoms with van der Waals surface area (Å²) in [6.45, 7) is 7.31. The van der Waals surface area contributed by atoms with Crippen molar-refractivity contribution in [3.05, 3.63) is 42.5 Å². The molecule has 0 saturated carbocycles. The molecule has 0 spiro atoms. The molecule has 0 unspecified atom stereocenters. The normalized spacial score (nSPS) is 10.4. The SMILES string of the molecule is C=CCc1ccccc1OCCCNCCCOC. The fourth-order valence-corrected chi connectivity index (χ4v) is 1.81. The zero-order valence-electron chi connectivity index (χ0n) is 11.9. The van der Waals surface area contributed by atoms with Crippen molar-refractivity contribution in [1.29, 1.82) is 0 Å². The largest absolute Gasteiger partial charge is 0.493 e. The van der Waals surface area contributed by atoms with E-state index in [4.69, 9.17) is 9.47 Å². The number of nitrogens with one attached hydrogen (secondary N) is 1. The maximum atomic E-state index is 5.80. The average molecular weight is 263 g/mol. The fraction of sp³-hybridized carbons (Fsp3) is 0.500. The van der Waals surface area contributed by atoms with Gasteiger partial charge in [0.2, 0.25) is 0 Å². The van der Waals surface area contributed by atoms with Crippen molar-refractivity contribution in [3.63, 3.8) is 0 Å². The van der Waals surface area contributed by atoms with Gasteiger partial charge in [0, 0.05) is 13.7 Å². The zero-order valence-corrected chi connectivity index (χ0v) is 11.9. The molecule has 3 nitrogen and oxygen atoms in total. The smallest absolute Gasteiger partial charge is 0.122 e. The molecule has 0 aromatic heterocycles. The first-order chi connectivity index (χ1) is 9.38. The molecule has 0 radical (unpaired) electrons. The number of hydrogen-bond donors (Lipinski definition) is 1. The van der Waals surface area contributed by atoms with E-state index in [1.807, 2.05) is 24.3 Å². The number of hydrogen-bond acceptors (Lipinski definition) is 3. The monoisotopic (exact) mass is 263 g/mol. The summed E-state index contributed by atoms with van der Waals surface area (Å²) in [6.07, 6.45) is 4.82. The molecule has 0 aliphatic carbocycles. The molecule has 0 amide bonds. The summed E-state index contributed by atoms with van der Waals surface area (Å²) >= 11 is 0. The van der Waals surface area contributed by atoms with E-state index >= 15 is 0 Å². The van der Waals surface area contributed by atoms with E-state index in [0.717, 1.165) is 51.3 Å². The van der Waals surface area contributed by atoms with E-state index in [2.05, 4.69) is 18.0 Å². The predicted molar refractivity (Wildman–Crippen MR) is 79.8 cm³/mol. The second-order valence-corrected chi connectivity index (χ2v) is 4.40. The second-order valence-electron chi connectivity index (χ2n) is 4.40. The van der Waals surface area contributed by atoms with Gasteiger partial charge in [-0.15, -0.1) is 6.58 Å². The number of benzene rings is 1. The van der Waals surface area contributed by atoms with Gasteiger partial charge in [-0.1, -0.05) is 24.3 Å². The minimum absolute atomic E-state index is 0.742. The highest BCUT2D eigenvalue weighted by atomic mass is 16.5. The first kappa shape index (κ1) is 15.7. The summed E-state index contributed by atoms with van der Waals surface area (Å²) in [5.41, 5.74) is 1.20. The van der Waals surface area contributed by atoms with Crippen LogP contribution in [-0.2, 0) is 11.2 Å². The van der Waals surface area contributed by atoms with Gasteiger partial charge in [0.25, 0.3) is 0 Å². The van der Waals surface area contributed by atoms with Crippen LogP contribution in [0.15, 0.2) is 36.9 Å². The predicted octanol–water partition coefficient (Wildman–Crippen LogP) is 2.81. The third kappa shape index (κ3) is 6.99. The summed E-state index contributed by atoms with van der Waals surface area (Å²) in [5.74, 6) is 0.974. The summed E-state index contributed by atoms with van der Waals surface area (Å²) < 4.78 is 10.8. The lowest BCUT2D eigenvalue weighted by Crippen LogP contribution is -2.19. The number of allylic oxidation sites excluding steroid dienone is 1. The van der Waals surface area contributed by atoms with Crippen LogP contribution in [0.25, 0.3) is 0 Å². The maximum absolute atomic E-state index is 5.80. The van der Waals surface area contributed by atoms with Crippen LogP contribution in [0.3, 0.4) is 0 Å². The van der Waals surface area contributed by atoms with Crippen molar-refractivity contribution >= 4 is 0 Å². The van der Waals surface area contributed by atoms with Gasteiger partial charge in [-0.25, -0.2) is 0 Å². The van der Waals surface area contributed by atoms with Gasteiger partial charge in [0.15, 0.2) is 0 Å². The Morgan fingerprint density at radius 2 is 1.89 bits per heavy atom. The molecule has 0 bridgehead atoms. The summed E-state index contributed by atoms with van der Waals surface area (Å²) in [4.78, 5) is 0. The summed E-state index contributed by atoms with van der Waals surface area (Å²) in [6, 6.07) is 8.14. The minimum atomic E-state index is 0.742. The number of ether oxygens (including phenoxy) is 2. The highest BCUT2D eigenvalue weighted by molar-refractivity contribution is 5.34. The van der Waals surface area contributed by atoms with Crippen LogP contribution in [0, 0.1) is 0 Å². The van der Waals surface area contributed by atoms with Gasteiger partial charge in [0.1, 0.15) is 5.75 Å². The first-order valence-electron chi connectivity index (χ1n) is 6.89. The van der Waals surface area contributed by atoms with Crippen molar-refractivity contribution in [2.24, 2.45) is 0 Å². The number of rotatable bonds is 11. The van der Waals surface area contributed by atoms with Gasteiger partial charge in [-0.05, 0) is 44.0 Å². The van der Waals surface area contributed by atoms with E-state index < -0.39 is 0 Å². The minimum Gasteiger partial charge on any atom is -0.493 e. The molecule has 0 atom stereocenters. The van der Waals surface area contributed by atoms with Crippen LogP contribution in [0.2, 0.25) is 0 Å². The van der Waals surface area contributed by atoms with E-state index in [-0.39, 0.29) is 0 Å². The van der Waals surface area contributed by atoms with E-state index in [1.165, 1.54) is 5.56 Å². The summed E-state index contributed by atoms with van der Waals surface area (Å²) in [5, 5.41) is 3.37. The van der Waals surface area contributed by atoms with Crippen LogP contribution in [0.1, 0.15) is 18.4 Å². The third-order valence-electron chi connectivity index (χ3n) is 2.79. The van der Waals surface area contributed by atoms with Crippen LogP contribution in [0.5, 0.6) is 5.75 Å². The molecular weight excluding hydrogens is 238 g/mol. The van der Waals surface area contributed by atoms with E-state index in [1.54, 1.807) is 7.11 Å². The third-order valence-corrected chi connectivity index (χ3v) is 2.79. The Labute approximate surface area is 116 Å². The van der Waals surface area contributed by atoms with Crippen LogP contribution >= 0.6 is 0 Å². The van der Waals surface area contributed by atoms with Crippen molar-refractivity contribution < 1.29 is 9.47 Å². The highest BCUT2D eigenvalue weighted by Crippen LogP contribution is 2.18. The Hall–Kier alpha value is -1.32. The van der Waals surface area contributed by atoms with Gasteiger partial charge < -0.3 is 14.8 Å². The molecule has 106 valence electrons. The molecule has 1 aromatic rings. The Kier molecular flexibility index (Phi) is 8.77. The van der Waals surface area contributed by atoms with Gasteiger partial charge in [-0.2, -0.15) is 0 Å². The van der Waals surface area contributed by atoms with Crippen molar-refractivity contribution in [3.8, 4) is 5.75 Å². The average Bonchev–Trinajstić information content (AvgIpc) is 2.44. The van der Waals surface area contributed by atoms with E-state index in [9.17, 15) is 0 Å². The van der Waals surface area contributed by atoms with E-state index in [0.29, 0.717) is 0 Å². The zero-order chi connectivity index (χ0) is 13.8. The molecule has 1 aromatic carbocycles. The lowest BCUT2D eigenvalue weighted by atomic mass is 10.1. The molecule has 0 fully saturated rings. The van der Waals surface area contributed by atoms with Gasteiger partial charge >= 0.3 is 0 Å². The first-order valence-corrected chi connectivity index (χ1v) is 6.89. The molecule has 0 saturated heterocycles. The number of methoxy groups -OCH3 is 1. The Balaban J connectivity index is 2.13. The molecule has 1 rings (SSSR count). The Bertz CT molecular complexity index is 352. The molecule has 1 N–H and O–H groups in total. The van der Waals surface area contributed by atoms with Crippen molar-refractivity contribution in [1.82, 2.24) is 5.32 Å². The lowest BCUT2D eigenvalue weighted by molar-refractivity contribution is 0.194. The van der Waals surface area contributed by atoms with Crippen LogP contribution in [-0.4, -0.2) is 33.4 Å². The molecule has 3 heteroatoms. The lowest BCUT2D eigenvalue weighted by Gasteiger charge is -2.10. The quantitative estimate of drug-likeness (QED) is 0.492.